The minimum Gasteiger partial charge on any atom is -0.497 e. The topological polar surface area (TPSA) is 67.8 Å². The number of fused-ring (bicyclic) bond motifs is 1. The number of nitrogens with one attached hydrogen (secondary N) is 1. The van der Waals surface area contributed by atoms with Gasteiger partial charge in [-0.15, -0.1) is 0 Å². The monoisotopic (exact) mass is 345 g/mol. The van der Waals surface area contributed by atoms with E-state index in [0.717, 1.165) is 0 Å². The highest BCUT2D eigenvalue weighted by Gasteiger charge is 2.43. The van der Waals surface area contributed by atoms with Gasteiger partial charge in [0.25, 0.3) is 5.91 Å². The van der Waals surface area contributed by atoms with E-state index in [-0.39, 0.29) is 0 Å². The van der Waals surface area contributed by atoms with E-state index in [1.165, 1.54) is 31.4 Å². The van der Waals surface area contributed by atoms with Crippen molar-refractivity contribution in [3.05, 3.63) is 59.4 Å². The first kappa shape index (κ1) is 17.2. The van der Waals surface area contributed by atoms with Crippen LogP contribution in [-0.4, -0.2) is 29.8 Å². The predicted octanol–water partition coefficient (Wildman–Crippen LogP) is 2.84. The van der Waals surface area contributed by atoms with Crippen molar-refractivity contribution in [3.63, 3.8) is 0 Å². The first-order valence-corrected chi connectivity index (χ1v) is 7.93. The predicted molar refractivity (Wildman–Crippen MR) is 90.3 cm³/mol. The number of aliphatic hydroxyl groups is 1. The van der Waals surface area contributed by atoms with Crippen LogP contribution in [0.25, 0.3) is 0 Å². The Morgan fingerprint density at radius 3 is 2.56 bits per heavy atom. The van der Waals surface area contributed by atoms with Crippen molar-refractivity contribution in [2.45, 2.75) is 31.6 Å². The molecule has 0 aliphatic carbocycles. The lowest BCUT2D eigenvalue weighted by Gasteiger charge is -2.42. The van der Waals surface area contributed by atoms with Crippen molar-refractivity contribution in [2.75, 3.05) is 7.11 Å². The molecule has 0 bridgehead atoms. The molecular formula is C19H20FNO4. The summed E-state index contributed by atoms with van der Waals surface area (Å²) in [4.78, 5) is 12.5. The summed E-state index contributed by atoms with van der Waals surface area (Å²) in [5, 5.41) is 13.5. The Hall–Kier alpha value is -2.60. The van der Waals surface area contributed by atoms with Gasteiger partial charge in [-0.3, -0.25) is 4.79 Å². The molecule has 25 heavy (non-hydrogen) atoms. The molecule has 0 saturated heterocycles. The van der Waals surface area contributed by atoms with E-state index < -0.39 is 29.5 Å². The van der Waals surface area contributed by atoms with Crippen LogP contribution >= 0.6 is 0 Å². The van der Waals surface area contributed by atoms with Crippen molar-refractivity contribution >= 4 is 5.91 Å². The summed E-state index contributed by atoms with van der Waals surface area (Å²) in [6, 6.07) is 9.77. The van der Waals surface area contributed by atoms with Gasteiger partial charge in [0.05, 0.1) is 13.2 Å². The highest BCUT2D eigenvalue weighted by Crippen LogP contribution is 2.41. The standard InChI is InChI=1S/C19H20FNO4/c1-19(2)17(22)16(14-10-13(24-3)8-9-15(14)25-19)21-18(23)11-4-6-12(20)7-5-11/h4-10,16-17,22H,1-3H3,(H,21,23)/t16-,17+/m0/s1. The molecule has 2 aromatic carbocycles. The number of carbonyl (C=O) groups excluding carboxylic acids is 1. The molecule has 1 aliphatic rings. The van der Waals surface area contributed by atoms with Crippen LogP contribution in [0.15, 0.2) is 42.5 Å². The molecule has 6 heteroatoms. The van der Waals surface area contributed by atoms with Crippen molar-refractivity contribution in [3.8, 4) is 11.5 Å². The minimum atomic E-state index is -0.975. The number of carbonyl (C=O) groups is 1. The van der Waals surface area contributed by atoms with Crippen LogP contribution < -0.4 is 14.8 Å². The second-order valence-electron chi connectivity index (χ2n) is 6.51. The third-order valence-electron chi connectivity index (χ3n) is 4.35. The molecule has 1 aliphatic heterocycles. The molecule has 2 atom stereocenters. The molecule has 5 nitrogen and oxygen atoms in total. The third-order valence-corrected chi connectivity index (χ3v) is 4.35. The van der Waals surface area contributed by atoms with Crippen LogP contribution in [0.4, 0.5) is 4.39 Å². The zero-order valence-electron chi connectivity index (χ0n) is 14.2. The van der Waals surface area contributed by atoms with E-state index >= 15 is 0 Å². The molecule has 1 amide bonds. The van der Waals surface area contributed by atoms with E-state index in [1.807, 2.05) is 0 Å². The van der Waals surface area contributed by atoms with Crippen molar-refractivity contribution in [2.24, 2.45) is 0 Å². The average Bonchev–Trinajstić information content (AvgIpc) is 2.59. The molecule has 0 spiro atoms. The molecule has 0 fully saturated rings. The number of halogens is 1. The minimum absolute atomic E-state index is 0.308. The van der Waals surface area contributed by atoms with Crippen molar-refractivity contribution in [1.29, 1.82) is 0 Å². The maximum Gasteiger partial charge on any atom is 0.251 e. The zero-order chi connectivity index (χ0) is 18.2. The Bertz CT molecular complexity index is 789. The van der Waals surface area contributed by atoms with Crippen LogP contribution in [-0.2, 0) is 0 Å². The van der Waals surface area contributed by atoms with Gasteiger partial charge >= 0.3 is 0 Å². The summed E-state index contributed by atoms with van der Waals surface area (Å²) in [5.41, 5.74) is 0.0477. The van der Waals surface area contributed by atoms with E-state index in [1.54, 1.807) is 32.0 Å². The molecule has 2 aromatic rings. The van der Waals surface area contributed by atoms with Gasteiger partial charge in [0.1, 0.15) is 29.0 Å². The molecule has 0 aromatic heterocycles. The normalized spacial score (nSPS) is 21.0. The Balaban J connectivity index is 1.95. The van der Waals surface area contributed by atoms with Gasteiger partial charge < -0.3 is 19.9 Å². The fraction of sp³-hybridized carbons (Fsp3) is 0.316. The Morgan fingerprint density at radius 1 is 1.24 bits per heavy atom. The summed E-state index contributed by atoms with van der Waals surface area (Å²) in [5.74, 6) is 0.338. The molecule has 0 unspecified atom stereocenters. The number of aliphatic hydroxyl groups excluding tert-OH is 1. The van der Waals surface area contributed by atoms with E-state index in [2.05, 4.69) is 5.32 Å². The van der Waals surface area contributed by atoms with E-state index in [4.69, 9.17) is 9.47 Å². The van der Waals surface area contributed by atoms with Crippen molar-refractivity contribution < 1.29 is 23.8 Å². The van der Waals surface area contributed by atoms with Gasteiger partial charge in [-0.2, -0.15) is 0 Å². The summed E-state index contributed by atoms with van der Waals surface area (Å²) < 4.78 is 24.1. The Labute approximate surface area is 145 Å². The number of benzene rings is 2. The summed E-state index contributed by atoms with van der Waals surface area (Å²) in [6.45, 7) is 3.50. The largest absolute Gasteiger partial charge is 0.497 e. The lowest BCUT2D eigenvalue weighted by molar-refractivity contribution is -0.0628. The van der Waals surface area contributed by atoms with Crippen LogP contribution in [0, 0.1) is 5.82 Å². The SMILES string of the molecule is COc1ccc2c(c1)[C@H](NC(=O)c1ccc(F)cc1)[C@@H](O)C(C)(C)O2. The smallest absolute Gasteiger partial charge is 0.251 e. The maximum absolute atomic E-state index is 13.1. The average molecular weight is 345 g/mol. The second-order valence-corrected chi connectivity index (χ2v) is 6.51. The number of hydrogen-bond donors (Lipinski definition) is 2. The molecule has 0 radical (unpaired) electrons. The number of hydrogen-bond acceptors (Lipinski definition) is 4. The fourth-order valence-electron chi connectivity index (χ4n) is 2.89. The molecule has 3 rings (SSSR count). The van der Waals surface area contributed by atoms with Gasteiger partial charge in [-0.1, -0.05) is 0 Å². The maximum atomic E-state index is 13.1. The summed E-state index contributed by atoms with van der Waals surface area (Å²) in [6.07, 6.45) is -0.975. The molecule has 0 saturated carbocycles. The Kier molecular flexibility index (Phi) is 4.39. The van der Waals surface area contributed by atoms with Gasteiger partial charge in [0, 0.05) is 11.1 Å². The third kappa shape index (κ3) is 3.30. The lowest BCUT2D eigenvalue weighted by Crippen LogP contribution is -2.53. The van der Waals surface area contributed by atoms with E-state index in [0.29, 0.717) is 22.6 Å². The lowest BCUT2D eigenvalue weighted by atomic mass is 9.86. The number of ether oxygens (including phenoxy) is 2. The summed E-state index contributed by atoms with van der Waals surface area (Å²) in [7, 11) is 1.54. The van der Waals surface area contributed by atoms with Gasteiger partial charge in [-0.25, -0.2) is 4.39 Å². The van der Waals surface area contributed by atoms with Gasteiger partial charge in [0.15, 0.2) is 0 Å². The first-order valence-electron chi connectivity index (χ1n) is 7.93. The Morgan fingerprint density at radius 2 is 1.92 bits per heavy atom. The highest BCUT2D eigenvalue weighted by atomic mass is 19.1. The summed E-state index contributed by atoms with van der Waals surface area (Å²) >= 11 is 0. The quantitative estimate of drug-likeness (QED) is 0.898. The van der Waals surface area contributed by atoms with Crippen LogP contribution in [0.3, 0.4) is 0 Å². The van der Waals surface area contributed by atoms with Crippen LogP contribution in [0.2, 0.25) is 0 Å². The van der Waals surface area contributed by atoms with Gasteiger partial charge in [0.2, 0.25) is 0 Å². The molecular weight excluding hydrogens is 325 g/mol. The number of rotatable bonds is 3. The van der Waals surface area contributed by atoms with E-state index in [9.17, 15) is 14.3 Å². The van der Waals surface area contributed by atoms with Gasteiger partial charge in [-0.05, 0) is 56.3 Å². The first-order chi connectivity index (χ1) is 11.8. The molecule has 1 heterocycles. The fourth-order valence-corrected chi connectivity index (χ4v) is 2.89. The molecule has 132 valence electrons. The van der Waals surface area contributed by atoms with Crippen LogP contribution in [0.5, 0.6) is 11.5 Å². The highest BCUT2D eigenvalue weighted by molar-refractivity contribution is 5.94. The van der Waals surface area contributed by atoms with Crippen LogP contribution in [0.1, 0.15) is 35.8 Å². The van der Waals surface area contributed by atoms with Crippen molar-refractivity contribution in [1.82, 2.24) is 5.32 Å². The number of amides is 1. The second kappa shape index (κ2) is 6.37. The molecule has 2 N–H and O–H groups in total. The zero-order valence-corrected chi connectivity index (χ0v) is 14.2. The number of methoxy groups -OCH3 is 1.